The molecule has 2 aromatic carbocycles. The molecule has 1 saturated heterocycles. The molecule has 160 valence electrons. The van der Waals surface area contributed by atoms with E-state index >= 15 is 0 Å². The number of aliphatic hydroxyl groups is 1. The number of aliphatic hydroxyl groups excluding tert-OH is 1. The van der Waals surface area contributed by atoms with Crippen LogP contribution in [0.2, 0.25) is 0 Å². The standard InChI is InChI=1S/C22H26N2O6/c25-17(13-26-18-2-4-20-22(10-18)30-15-28-20)12-24-7-5-23(6-8-24)11-16-1-3-19-21(9-16)29-14-27-19/h1-4,9-10,17,25H,5-8,11-15H2/p+2/t17-/m1/s1. The van der Waals surface area contributed by atoms with E-state index in [1.165, 1.54) is 10.5 Å². The molecule has 0 radical (unpaired) electrons. The molecule has 3 aliphatic heterocycles. The Balaban J connectivity index is 1.04. The van der Waals surface area contributed by atoms with E-state index in [9.17, 15) is 5.11 Å². The highest BCUT2D eigenvalue weighted by atomic mass is 16.7. The Morgan fingerprint density at radius 2 is 1.43 bits per heavy atom. The van der Waals surface area contributed by atoms with Crippen molar-refractivity contribution in [3.63, 3.8) is 0 Å². The second-order valence-corrected chi connectivity index (χ2v) is 8.05. The minimum atomic E-state index is -0.499. The molecule has 3 heterocycles. The third kappa shape index (κ3) is 4.40. The molecule has 0 amide bonds. The van der Waals surface area contributed by atoms with Crippen LogP contribution in [0.4, 0.5) is 0 Å². The summed E-state index contributed by atoms with van der Waals surface area (Å²) in [6, 6.07) is 11.7. The first-order valence-corrected chi connectivity index (χ1v) is 10.5. The number of hydrogen-bond acceptors (Lipinski definition) is 6. The predicted octanol–water partition coefficient (Wildman–Crippen LogP) is -1.13. The zero-order chi connectivity index (χ0) is 20.3. The highest BCUT2D eigenvalue weighted by Crippen LogP contribution is 2.35. The fourth-order valence-corrected chi connectivity index (χ4v) is 4.23. The zero-order valence-corrected chi connectivity index (χ0v) is 16.9. The summed E-state index contributed by atoms with van der Waals surface area (Å²) in [7, 11) is 0. The summed E-state index contributed by atoms with van der Waals surface area (Å²) in [5.74, 6) is 3.79. The van der Waals surface area contributed by atoms with Gasteiger partial charge in [-0.2, -0.15) is 0 Å². The maximum Gasteiger partial charge on any atom is 0.231 e. The van der Waals surface area contributed by atoms with Gasteiger partial charge in [-0.05, 0) is 30.3 Å². The molecule has 1 fully saturated rings. The van der Waals surface area contributed by atoms with Crippen molar-refractivity contribution in [3.8, 4) is 28.7 Å². The molecule has 3 aliphatic rings. The van der Waals surface area contributed by atoms with Crippen molar-refractivity contribution in [2.45, 2.75) is 12.6 Å². The summed E-state index contributed by atoms with van der Waals surface area (Å²) in [6.45, 7) is 6.77. The second kappa shape index (κ2) is 8.59. The topological polar surface area (TPSA) is 75.3 Å². The number of fused-ring (bicyclic) bond motifs is 2. The molecule has 0 aromatic heterocycles. The smallest absolute Gasteiger partial charge is 0.231 e. The van der Waals surface area contributed by atoms with E-state index in [0.717, 1.165) is 50.0 Å². The molecule has 8 heteroatoms. The lowest BCUT2D eigenvalue weighted by Gasteiger charge is -2.30. The van der Waals surface area contributed by atoms with E-state index < -0.39 is 6.10 Å². The van der Waals surface area contributed by atoms with Gasteiger partial charge in [0.1, 0.15) is 57.7 Å². The minimum absolute atomic E-state index is 0.243. The van der Waals surface area contributed by atoms with Gasteiger partial charge >= 0.3 is 0 Å². The zero-order valence-electron chi connectivity index (χ0n) is 16.9. The number of ether oxygens (including phenoxy) is 5. The van der Waals surface area contributed by atoms with Crippen molar-refractivity contribution in [3.05, 3.63) is 42.0 Å². The van der Waals surface area contributed by atoms with Crippen molar-refractivity contribution in [2.24, 2.45) is 0 Å². The highest BCUT2D eigenvalue weighted by Gasteiger charge is 2.26. The summed E-state index contributed by atoms with van der Waals surface area (Å²) >= 11 is 0. The molecule has 3 N–H and O–H groups in total. The SMILES string of the molecule is O[C@@H](COc1ccc2c(c1)OCO2)C[NH+]1CC[NH+](Cc2ccc3c(c2)OCO3)CC1. The van der Waals surface area contributed by atoms with Crippen molar-refractivity contribution < 1.29 is 38.6 Å². The number of rotatable bonds is 7. The van der Waals surface area contributed by atoms with Gasteiger partial charge in [0, 0.05) is 11.6 Å². The molecule has 1 atom stereocenters. The highest BCUT2D eigenvalue weighted by molar-refractivity contribution is 5.47. The number of benzene rings is 2. The van der Waals surface area contributed by atoms with Crippen LogP contribution >= 0.6 is 0 Å². The average Bonchev–Trinajstić information content (AvgIpc) is 3.42. The minimum Gasteiger partial charge on any atom is -0.491 e. The van der Waals surface area contributed by atoms with Crippen LogP contribution in [0.15, 0.2) is 36.4 Å². The molecular formula is C22H28N2O6+2. The number of piperazine rings is 1. The van der Waals surface area contributed by atoms with Gasteiger partial charge in [-0.1, -0.05) is 0 Å². The Bertz CT molecular complexity index is 884. The van der Waals surface area contributed by atoms with E-state index in [1.807, 2.05) is 18.2 Å². The van der Waals surface area contributed by atoms with Crippen LogP contribution in [0.3, 0.4) is 0 Å². The quantitative estimate of drug-likeness (QED) is 0.530. The van der Waals surface area contributed by atoms with Crippen LogP contribution in [0.1, 0.15) is 5.56 Å². The van der Waals surface area contributed by atoms with Gasteiger partial charge in [-0.15, -0.1) is 0 Å². The largest absolute Gasteiger partial charge is 0.491 e. The molecular weight excluding hydrogens is 388 g/mol. The third-order valence-corrected chi connectivity index (χ3v) is 5.87. The molecule has 5 rings (SSSR count). The van der Waals surface area contributed by atoms with E-state index in [2.05, 4.69) is 12.1 Å². The maximum atomic E-state index is 10.4. The number of hydrogen-bond donors (Lipinski definition) is 3. The van der Waals surface area contributed by atoms with E-state index in [0.29, 0.717) is 24.8 Å². The van der Waals surface area contributed by atoms with Crippen molar-refractivity contribution in [2.75, 3.05) is 52.9 Å². The van der Waals surface area contributed by atoms with Gasteiger partial charge in [0.15, 0.2) is 23.0 Å². The average molecular weight is 416 g/mol. The number of quaternary nitrogens is 2. The first-order chi connectivity index (χ1) is 14.7. The molecule has 0 bridgehead atoms. The fraction of sp³-hybridized carbons (Fsp3) is 0.455. The van der Waals surface area contributed by atoms with Crippen LogP contribution in [0.5, 0.6) is 28.7 Å². The summed E-state index contributed by atoms with van der Waals surface area (Å²) in [6.07, 6.45) is -0.499. The van der Waals surface area contributed by atoms with Crippen LogP contribution in [-0.2, 0) is 6.54 Å². The van der Waals surface area contributed by atoms with E-state index in [1.54, 1.807) is 11.0 Å². The van der Waals surface area contributed by atoms with Crippen LogP contribution in [0, 0.1) is 0 Å². The predicted molar refractivity (Wildman–Crippen MR) is 107 cm³/mol. The van der Waals surface area contributed by atoms with E-state index in [4.69, 9.17) is 23.7 Å². The Hall–Kier alpha value is -2.68. The molecule has 0 saturated carbocycles. The third-order valence-electron chi connectivity index (χ3n) is 5.87. The molecule has 0 spiro atoms. The Kier molecular flexibility index (Phi) is 5.52. The first-order valence-electron chi connectivity index (χ1n) is 10.5. The van der Waals surface area contributed by atoms with E-state index in [-0.39, 0.29) is 13.4 Å². The summed E-state index contributed by atoms with van der Waals surface area (Å²) in [5, 5.41) is 10.4. The van der Waals surface area contributed by atoms with Gasteiger partial charge < -0.3 is 38.6 Å². The summed E-state index contributed by atoms with van der Waals surface area (Å²) in [5.41, 5.74) is 1.27. The first kappa shape index (κ1) is 19.3. The van der Waals surface area contributed by atoms with Gasteiger partial charge in [-0.3, -0.25) is 0 Å². The number of nitrogens with one attached hydrogen (secondary N) is 2. The fourth-order valence-electron chi connectivity index (χ4n) is 4.23. The Morgan fingerprint density at radius 1 is 0.800 bits per heavy atom. The van der Waals surface area contributed by atoms with Crippen molar-refractivity contribution >= 4 is 0 Å². The van der Waals surface area contributed by atoms with Crippen LogP contribution in [0.25, 0.3) is 0 Å². The van der Waals surface area contributed by atoms with Crippen molar-refractivity contribution in [1.82, 2.24) is 0 Å². The summed E-state index contributed by atoms with van der Waals surface area (Å²) < 4.78 is 27.3. The Morgan fingerprint density at radius 3 is 2.20 bits per heavy atom. The molecule has 0 unspecified atom stereocenters. The molecule has 30 heavy (non-hydrogen) atoms. The lowest BCUT2D eigenvalue weighted by Crippen LogP contribution is -3.28. The van der Waals surface area contributed by atoms with Crippen LogP contribution < -0.4 is 33.5 Å². The molecule has 0 aliphatic carbocycles. The van der Waals surface area contributed by atoms with Gasteiger partial charge in [-0.25, -0.2) is 0 Å². The molecule has 8 nitrogen and oxygen atoms in total. The second-order valence-electron chi connectivity index (χ2n) is 8.05. The van der Waals surface area contributed by atoms with Gasteiger partial charge in [0.2, 0.25) is 13.6 Å². The Labute approximate surface area is 175 Å². The monoisotopic (exact) mass is 416 g/mol. The van der Waals surface area contributed by atoms with Gasteiger partial charge in [0.25, 0.3) is 0 Å². The van der Waals surface area contributed by atoms with Crippen LogP contribution in [-0.4, -0.2) is 64.1 Å². The lowest BCUT2D eigenvalue weighted by molar-refractivity contribution is -1.02. The lowest BCUT2D eigenvalue weighted by atomic mass is 10.1. The maximum absolute atomic E-state index is 10.4. The normalized spacial score (nSPS) is 22.7. The van der Waals surface area contributed by atoms with Crippen molar-refractivity contribution in [1.29, 1.82) is 0 Å². The summed E-state index contributed by atoms with van der Waals surface area (Å²) in [4.78, 5) is 2.98. The van der Waals surface area contributed by atoms with Gasteiger partial charge in [0.05, 0.1) is 0 Å². The molecule has 2 aromatic rings.